The molecule has 0 aliphatic carbocycles. The second-order valence-corrected chi connectivity index (χ2v) is 4.50. The molecule has 0 saturated carbocycles. The van der Waals surface area contributed by atoms with Gasteiger partial charge in [0.05, 0.1) is 0 Å². The Labute approximate surface area is 103 Å². The summed E-state index contributed by atoms with van der Waals surface area (Å²) in [6.45, 7) is 4.15. The zero-order chi connectivity index (χ0) is 12.4. The maximum absolute atomic E-state index is 5.87. The lowest BCUT2D eigenvalue weighted by molar-refractivity contribution is 1.20. The number of aryl methyl sites for hydroxylation is 2. The highest BCUT2D eigenvalue weighted by Gasteiger charge is 2.04. The highest BCUT2D eigenvalue weighted by Crippen LogP contribution is 2.26. The first-order valence-corrected chi connectivity index (χ1v) is 5.74. The van der Waals surface area contributed by atoms with E-state index < -0.39 is 0 Å². The zero-order valence-corrected chi connectivity index (χ0v) is 10.6. The fraction of sp³-hybridized carbons (Fsp3) is 0.200. The van der Waals surface area contributed by atoms with Gasteiger partial charge >= 0.3 is 0 Å². The summed E-state index contributed by atoms with van der Waals surface area (Å²) in [5.74, 6) is 0. The Bertz CT molecular complexity index is 495. The summed E-state index contributed by atoms with van der Waals surface area (Å²) in [6, 6.07) is 14.6. The van der Waals surface area contributed by atoms with Crippen molar-refractivity contribution >= 4 is 17.1 Å². The van der Waals surface area contributed by atoms with Gasteiger partial charge in [0, 0.05) is 24.1 Å². The second-order valence-electron chi connectivity index (χ2n) is 4.50. The van der Waals surface area contributed by atoms with Crippen molar-refractivity contribution in [2.75, 3.05) is 17.7 Å². The molecule has 0 aliphatic rings. The van der Waals surface area contributed by atoms with Crippen LogP contribution in [0.1, 0.15) is 11.1 Å². The third-order valence-corrected chi connectivity index (χ3v) is 2.89. The second kappa shape index (κ2) is 4.50. The molecule has 88 valence electrons. The van der Waals surface area contributed by atoms with Crippen LogP contribution in [-0.4, -0.2) is 7.05 Å². The Morgan fingerprint density at radius 1 is 0.824 bits per heavy atom. The van der Waals surface area contributed by atoms with Gasteiger partial charge in [-0.05, 0) is 49.7 Å². The molecular formula is C15H18N2. The van der Waals surface area contributed by atoms with Gasteiger partial charge in [0.1, 0.15) is 0 Å². The van der Waals surface area contributed by atoms with Gasteiger partial charge in [0.25, 0.3) is 0 Å². The van der Waals surface area contributed by atoms with Crippen LogP contribution in [-0.2, 0) is 0 Å². The summed E-state index contributed by atoms with van der Waals surface area (Å²) in [7, 11) is 2.05. The molecule has 0 fully saturated rings. The Morgan fingerprint density at radius 2 is 1.47 bits per heavy atom. The van der Waals surface area contributed by atoms with Crippen LogP contribution < -0.4 is 10.6 Å². The van der Waals surface area contributed by atoms with E-state index in [0.29, 0.717) is 0 Å². The molecule has 0 amide bonds. The topological polar surface area (TPSA) is 29.3 Å². The van der Waals surface area contributed by atoms with Crippen molar-refractivity contribution in [2.45, 2.75) is 13.8 Å². The molecule has 2 heteroatoms. The van der Waals surface area contributed by atoms with E-state index in [2.05, 4.69) is 56.1 Å². The molecule has 0 aromatic heterocycles. The largest absolute Gasteiger partial charge is 0.399 e. The van der Waals surface area contributed by atoms with Gasteiger partial charge in [-0.25, -0.2) is 0 Å². The molecular weight excluding hydrogens is 208 g/mol. The number of nitrogens with zero attached hydrogens (tertiary/aromatic N) is 1. The standard InChI is InChI=1S/C15H18N2/c1-11-4-6-14(7-5-11)17(3)15-9-12(2)8-13(16)10-15/h4-10H,16H2,1-3H3. The van der Waals surface area contributed by atoms with Crippen LogP contribution in [0.2, 0.25) is 0 Å². The average Bonchev–Trinajstić information content (AvgIpc) is 2.28. The van der Waals surface area contributed by atoms with Crippen LogP contribution in [0.25, 0.3) is 0 Å². The Kier molecular flexibility index (Phi) is 3.05. The third kappa shape index (κ3) is 2.59. The number of hydrogen-bond acceptors (Lipinski definition) is 2. The van der Waals surface area contributed by atoms with Gasteiger partial charge in [0.2, 0.25) is 0 Å². The predicted molar refractivity (Wildman–Crippen MR) is 74.8 cm³/mol. The van der Waals surface area contributed by atoms with E-state index in [1.54, 1.807) is 0 Å². The highest BCUT2D eigenvalue weighted by atomic mass is 15.1. The van der Waals surface area contributed by atoms with Crippen molar-refractivity contribution < 1.29 is 0 Å². The van der Waals surface area contributed by atoms with Crippen molar-refractivity contribution in [3.05, 3.63) is 53.6 Å². The van der Waals surface area contributed by atoms with Gasteiger partial charge in [-0.15, -0.1) is 0 Å². The van der Waals surface area contributed by atoms with Gasteiger partial charge in [0.15, 0.2) is 0 Å². The molecule has 0 aliphatic heterocycles. The molecule has 0 spiro atoms. The van der Waals surface area contributed by atoms with E-state index in [1.165, 1.54) is 16.8 Å². The predicted octanol–water partition coefficient (Wildman–Crippen LogP) is 3.65. The lowest BCUT2D eigenvalue weighted by Crippen LogP contribution is -2.09. The Balaban J connectivity index is 2.36. The van der Waals surface area contributed by atoms with Gasteiger partial charge < -0.3 is 10.6 Å². The van der Waals surface area contributed by atoms with Crippen molar-refractivity contribution in [3.8, 4) is 0 Å². The van der Waals surface area contributed by atoms with Crippen LogP contribution in [0, 0.1) is 13.8 Å². The smallest absolute Gasteiger partial charge is 0.0431 e. The molecule has 2 rings (SSSR count). The van der Waals surface area contributed by atoms with E-state index in [0.717, 1.165) is 11.4 Å². The maximum Gasteiger partial charge on any atom is 0.0431 e. The monoisotopic (exact) mass is 226 g/mol. The number of nitrogen functional groups attached to an aromatic ring is 1. The van der Waals surface area contributed by atoms with Crippen LogP contribution in [0.5, 0.6) is 0 Å². The lowest BCUT2D eigenvalue weighted by atomic mass is 10.1. The molecule has 0 radical (unpaired) electrons. The normalized spacial score (nSPS) is 10.3. The average molecular weight is 226 g/mol. The minimum atomic E-state index is 0.805. The minimum absolute atomic E-state index is 0.805. The summed E-state index contributed by atoms with van der Waals surface area (Å²) in [4.78, 5) is 2.14. The third-order valence-electron chi connectivity index (χ3n) is 2.89. The van der Waals surface area contributed by atoms with Crippen LogP contribution in [0.4, 0.5) is 17.1 Å². The number of nitrogens with two attached hydrogens (primary N) is 1. The molecule has 0 bridgehead atoms. The molecule has 17 heavy (non-hydrogen) atoms. The fourth-order valence-corrected chi connectivity index (χ4v) is 1.90. The van der Waals surface area contributed by atoms with Gasteiger partial charge in [-0.2, -0.15) is 0 Å². The van der Waals surface area contributed by atoms with Crippen molar-refractivity contribution in [1.82, 2.24) is 0 Å². The lowest BCUT2D eigenvalue weighted by Gasteiger charge is -2.20. The first-order valence-electron chi connectivity index (χ1n) is 5.74. The molecule has 0 heterocycles. The number of hydrogen-bond donors (Lipinski definition) is 1. The van der Waals surface area contributed by atoms with Crippen LogP contribution in [0.15, 0.2) is 42.5 Å². The molecule has 0 unspecified atom stereocenters. The van der Waals surface area contributed by atoms with Crippen LogP contribution >= 0.6 is 0 Å². The molecule has 2 nitrogen and oxygen atoms in total. The first-order chi connectivity index (χ1) is 8.06. The summed E-state index contributed by atoms with van der Waals surface area (Å²) >= 11 is 0. The molecule has 2 aromatic carbocycles. The van der Waals surface area contributed by atoms with E-state index in [-0.39, 0.29) is 0 Å². The minimum Gasteiger partial charge on any atom is -0.399 e. The van der Waals surface area contributed by atoms with Gasteiger partial charge in [-0.3, -0.25) is 0 Å². The first kappa shape index (κ1) is 11.5. The van der Waals surface area contributed by atoms with E-state index >= 15 is 0 Å². The number of rotatable bonds is 2. The number of benzene rings is 2. The zero-order valence-electron chi connectivity index (χ0n) is 10.6. The summed E-state index contributed by atoms with van der Waals surface area (Å²) in [5.41, 5.74) is 11.4. The van der Waals surface area contributed by atoms with Gasteiger partial charge in [-0.1, -0.05) is 17.7 Å². The van der Waals surface area contributed by atoms with Crippen molar-refractivity contribution in [3.63, 3.8) is 0 Å². The van der Waals surface area contributed by atoms with Crippen molar-refractivity contribution in [2.24, 2.45) is 0 Å². The SMILES string of the molecule is Cc1ccc(N(C)c2cc(C)cc(N)c2)cc1. The highest BCUT2D eigenvalue weighted by molar-refractivity contribution is 5.67. The van der Waals surface area contributed by atoms with E-state index in [1.807, 2.05) is 12.1 Å². The summed E-state index contributed by atoms with van der Waals surface area (Å²) in [6.07, 6.45) is 0. The fourth-order valence-electron chi connectivity index (χ4n) is 1.90. The Hall–Kier alpha value is -1.96. The molecule has 2 aromatic rings. The molecule has 0 saturated heterocycles. The molecule has 2 N–H and O–H groups in total. The van der Waals surface area contributed by atoms with E-state index in [4.69, 9.17) is 5.73 Å². The van der Waals surface area contributed by atoms with Crippen molar-refractivity contribution in [1.29, 1.82) is 0 Å². The van der Waals surface area contributed by atoms with E-state index in [9.17, 15) is 0 Å². The Morgan fingerprint density at radius 3 is 2.06 bits per heavy atom. The van der Waals surface area contributed by atoms with Crippen LogP contribution in [0.3, 0.4) is 0 Å². The number of anilines is 3. The molecule has 0 atom stereocenters. The summed E-state index contributed by atoms with van der Waals surface area (Å²) < 4.78 is 0. The maximum atomic E-state index is 5.87. The quantitative estimate of drug-likeness (QED) is 0.792. The summed E-state index contributed by atoms with van der Waals surface area (Å²) in [5, 5.41) is 0.